The number of thioether (sulfide) groups is 1. The van der Waals surface area contributed by atoms with Crippen molar-refractivity contribution in [1.82, 2.24) is 47.9 Å². The molecule has 0 bridgehead atoms. The molecule has 370 valence electrons. The summed E-state index contributed by atoms with van der Waals surface area (Å²) < 4.78 is 0. The van der Waals surface area contributed by atoms with Crippen molar-refractivity contribution in [3.05, 3.63) is 0 Å². The molecular formula is C41H73N11O12S. The van der Waals surface area contributed by atoms with Crippen LogP contribution in [0.3, 0.4) is 0 Å². The largest absolute Gasteiger partial charge is 0.481 e. The summed E-state index contributed by atoms with van der Waals surface area (Å²) in [6, 6.07) is -9.92. The first-order valence-corrected chi connectivity index (χ1v) is 23.5. The van der Waals surface area contributed by atoms with Gasteiger partial charge in [-0.25, -0.2) is 0 Å². The number of aliphatic hydroxyl groups is 1. The van der Waals surface area contributed by atoms with Crippen LogP contribution in [0.1, 0.15) is 98.8 Å². The van der Waals surface area contributed by atoms with Crippen molar-refractivity contribution >= 4 is 70.9 Å². The van der Waals surface area contributed by atoms with Gasteiger partial charge in [0.2, 0.25) is 53.2 Å². The Morgan fingerprint density at radius 3 is 1.57 bits per heavy atom. The van der Waals surface area contributed by atoms with Gasteiger partial charge in [-0.2, -0.15) is 11.8 Å². The van der Waals surface area contributed by atoms with Crippen molar-refractivity contribution in [3.8, 4) is 0 Å². The van der Waals surface area contributed by atoms with E-state index < -0.39 is 133 Å². The van der Waals surface area contributed by atoms with Gasteiger partial charge in [0.15, 0.2) is 0 Å². The topological polar surface area (TPSA) is 371 Å². The maximum atomic E-state index is 13.9. The highest BCUT2D eigenvalue weighted by molar-refractivity contribution is 7.98. The smallest absolute Gasteiger partial charge is 0.305 e. The Labute approximate surface area is 384 Å². The number of unbranched alkanes of at least 4 members (excludes halogenated alkanes) is 2. The quantitative estimate of drug-likeness (QED) is 0.0596. The number of nitrogens with two attached hydrogens (primary N) is 2. The molecule has 1 aliphatic rings. The molecule has 0 aliphatic carbocycles. The number of carboxylic acids is 1. The van der Waals surface area contributed by atoms with Gasteiger partial charge >= 0.3 is 5.97 Å². The Morgan fingerprint density at radius 1 is 0.600 bits per heavy atom. The molecule has 23 nitrogen and oxygen atoms in total. The number of carbonyl (C=O) groups is 10. The van der Waals surface area contributed by atoms with Crippen LogP contribution in [0, 0.1) is 11.8 Å². The molecule has 9 atom stereocenters. The number of hydrogen-bond acceptors (Lipinski definition) is 14. The van der Waals surface area contributed by atoms with E-state index in [0.29, 0.717) is 31.4 Å². The monoisotopic (exact) mass is 944 g/mol. The molecule has 24 heteroatoms. The zero-order valence-electron chi connectivity index (χ0n) is 38.4. The first kappa shape index (κ1) is 57.9. The lowest BCUT2D eigenvalue weighted by atomic mass is 9.96. The van der Waals surface area contributed by atoms with Gasteiger partial charge in [-0.05, 0) is 95.2 Å². The van der Waals surface area contributed by atoms with Gasteiger partial charge in [-0.1, -0.05) is 34.1 Å². The van der Waals surface area contributed by atoms with Crippen LogP contribution < -0.4 is 59.3 Å². The van der Waals surface area contributed by atoms with Crippen molar-refractivity contribution in [2.75, 3.05) is 38.2 Å². The highest BCUT2D eigenvalue weighted by atomic mass is 32.2. The SMILES string of the molecule is CC[C@H](C)[C@@H]1NC(=O)[C@H]([C@@H](C)O)NC(=O)[C@H](CCCCN)NC(=O)[C@H](CCSC)NC(=O)[C@H](CC(C)C)NC(=O)CNC(=O)CNC(=O)[C@H](CCCCN)NC(=O)[C@H](CC(=O)O)NC1=O. The second kappa shape index (κ2) is 31.0. The zero-order valence-corrected chi connectivity index (χ0v) is 39.2. The predicted molar refractivity (Wildman–Crippen MR) is 241 cm³/mol. The lowest BCUT2D eigenvalue weighted by Crippen LogP contribution is -2.62. The van der Waals surface area contributed by atoms with E-state index in [1.54, 1.807) is 20.1 Å². The Hall–Kier alpha value is -5.07. The number of aliphatic carboxylic acids is 1. The molecule has 0 spiro atoms. The minimum atomic E-state index is -1.77. The number of aliphatic hydroxyl groups excluding tert-OH is 1. The number of amides is 9. The van der Waals surface area contributed by atoms with Crippen LogP contribution in [-0.4, -0.2) is 156 Å². The lowest BCUT2D eigenvalue weighted by molar-refractivity contribution is -0.142. The maximum Gasteiger partial charge on any atom is 0.305 e. The summed E-state index contributed by atoms with van der Waals surface area (Å²) in [7, 11) is 0. The van der Waals surface area contributed by atoms with E-state index in [1.807, 2.05) is 13.8 Å². The summed E-state index contributed by atoms with van der Waals surface area (Å²) in [5.74, 6) is -9.75. The van der Waals surface area contributed by atoms with E-state index in [2.05, 4.69) is 47.9 Å². The lowest BCUT2D eigenvalue weighted by Gasteiger charge is -2.30. The van der Waals surface area contributed by atoms with Crippen molar-refractivity contribution in [1.29, 1.82) is 0 Å². The van der Waals surface area contributed by atoms with Crippen LogP contribution in [0.2, 0.25) is 0 Å². The van der Waals surface area contributed by atoms with E-state index in [4.69, 9.17) is 11.5 Å². The molecule has 65 heavy (non-hydrogen) atoms. The van der Waals surface area contributed by atoms with E-state index >= 15 is 0 Å². The molecule has 1 fully saturated rings. The molecule has 9 amide bonds. The number of hydrogen-bond donors (Lipinski definition) is 13. The summed E-state index contributed by atoms with van der Waals surface area (Å²) in [6.07, 6.45) is 1.40. The van der Waals surface area contributed by atoms with Crippen molar-refractivity contribution < 1.29 is 58.2 Å². The summed E-state index contributed by atoms with van der Waals surface area (Å²) in [6.45, 7) is 7.37. The molecule has 1 saturated heterocycles. The standard InChI is InChI=1S/C41H73N11O12S/c1-7-23(4)33-40(63)50-29(19-32(56)57)39(62)47-25(12-8-10-15-42)35(58)45-20-30(54)44-21-31(55)46-28(18-22(2)3)38(61)49-27(14-17-65-6)36(59)48-26(13-9-11-16-43)37(60)52-34(24(5)53)41(64)51-33/h22-29,33-34,53H,7-21,42-43H2,1-6H3,(H,44,54)(H,45,58)(H,46,55)(H,47,62)(H,48,59)(H,49,61)(H,50,63)(H,51,64)(H,52,60)(H,56,57)/t23-,24+,25-,26-,27-,28-,29-,33-,34-/m0/s1. The fourth-order valence-electron chi connectivity index (χ4n) is 6.57. The molecule has 0 aromatic rings. The molecule has 1 aliphatic heterocycles. The van der Waals surface area contributed by atoms with Gasteiger partial charge in [0.1, 0.15) is 42.3 Å². The first-order chi connectivity index (χ1) is 30.7. The zero-order chi connectivity index (χ0) is 49.2. The van der Waals surface area contributed by atoms with Gasteiger partial charge in [0, 0.05) is 0 Å². The van der Waals surface area contributed by atoms with Gasteiger partial charge < -0.3 is 69.5 Å². The summed E-state index contributed by atoms with van der Waals surface area (Å²) >= 11 is 1.39. The predicted octanol–water partition coefficient (Wildman–Crippen LogP) is -3.42. The molecule has 0 saturated carbocycles. The van der Waals surface area contributed by atoms with Crippen molar-refractivity contribution in [2.45, 2.75) is 147 Å². The molecule has 0 radical (unpaired) electrons. The third-order valence-electron chi connectivity index (χ3n) is 10.5. The van der Waals surface area contributed by atoms with Crippen LogP contribution in [-0.2, 0) is 47.9 Å². The molecule has 0 aromatic carbocycles. The minimum absolute atomic E-state index is 0.00300. The minimum Gasteiger partial charge on any atom is -0.481 e. The first-order valence-electron chi connectivity index (χ1n) is 22.1. The van der Waals surface area contributed by atoms with Crippen LogP contribution in [0.4, 0.5) is 0 Å². The normalized spacial score (nSPS) is 25.3. The molecule has 1 rings (SSSR count). The Bertz CT molecular complexity index is 1620. The summed E-state index contributed by atoms with van der Waals surface area (Å²) in [5, 5.41) is 42.9. The Kier molecular flexibility index (Phi) is 27.6. The average Bonchev–Trinajstić information content (AvgIpc) is 3.24. The van der Waals surface area contributed by atoms with Gasteiger partial charge in [-0.15, -0.1) is 0 Å². The molecule has 0 aromatic heterocycles. The second-order valence-corrected chi connectivity index (χ2v) is 17.5. The number of carboxylic acid groups (broad SMARTS) is 1. The highest BCUT2D eigenvalue weighted by Gasteiger charge is 2.37. The average molecular weight is 944 g/mol. The van der Waals surface area contributed by atoms with Gasteiger partial charge in [0.25, 0.3) is 0 Å². The molecule has 1 heterocycles. The van der Waals surface area contributed by atoms with Gasteiger partial charge in [-0.3, -0.25) is 47.9 Å². The number of nitrogens with one attached hydrogen (secondary N) is 9. The van der Waals surface area contributed by atoms with Crippen LogP contribution in [0.5, 0.6) is 0 Å². The maximum absolute atomic E-state index is 13.9. The summed E-state index contributed by atoms with van der Waals surface area (Å²) in [5.41, 5.74) is 11.3. The molecular weight excluding hydrogens is 871 g/mol. The third kappa shape index (κ3) is 22.1. The van der Waals surface area contributed by atoms with Crippen LogP contribution in [0.25, 0.3) is 0 Å². The fourth-order valence-corrected chi connectivity index (χ4v) is 7.05. The number of carbonyl (C=O) groups excluding carboxylic acids is 9. The van der Waals surface area contributed by atoms with E-state index in [1.165, 1.54) is 18.7 Å². The fraction of sp³-hybridized carbons (Fsp3) is 0.756. The third-order valence-corrected chi connectivity index (χ3v) is 11.1. The van der Waals surface area contributed by atoms with Crippen LogP contribution >= 0.6 is 11.8 Å². The Balaban J connectivity index is 3.83. The second-order valence-electron chi connectivity index (χ2n) is 16.5. The van der Waals surface area contributed by atoms with E-state index in [-0.39, 0.29) is 51.1 Å². The Morgan fingerprint density at radius 2 is 1.06 bits per heavy atom. The van der Waals surface area contributed by atoms with Crippen LogP contribution in [0.15, 0.2) is 0 Å². The van der Waals surface area contributed by atoms with E-state index in [0.717, 1.165) is 0 Å². The van der Waals surface area contributed by atoms with Gasteiger partial charge in [0.05, 0.1) is 25.6 Å². The van der Waals surface area contributed by atoms with E-state index in [9.17, 15) is 58.2 Å². The highest BCUT2D eigenvalue weighted by Crippen LogP contribution is 2.13. The molecule has 15 N–H and O–H groups in total. The number of rotatable bonds is 18. The molecule has 0 unspecified atom stereocenters. The van der Waals surface area contributed by atoms with Crippen molar-refractivity contribution in [3.63, 3.8) is 0 Å². The summed E-state index contributed by atoms with van der Waals surface area (Å²) in [4.78, 5) is 134. The van der Waals surface area contributed by atoms with Crippen molar-refractivity contribution in [2.24, 2.45) is 23.3 Å².